The lowest BCUT2D eigenvalue weighted by molar-refractivity contribution is 0.262. The number of amides is 2. The topological polar surface area (TPSA) is 77.6 Å². The first-order chi connectivity index (χ1) is 12.0. The second-order valence-corrected chi connectivity index (χ2v) is 6.33. The van der Waals surface area contributed by atoms with Crippen molar-refractivity contribution in [2.75, 3.05) is 29.0 Å². The molecule has 0 aromatic heterocycles. The molecule has 0 atom stereocenters. The van der Waals surface area contributed by atoms with Crippen molar-refractivity contribution in [3.63, 3.8) is 0 Å². The fraction of sp³-hybridized carbons (Fsp3) is 0.176. The monoisotopic (exact) mass is 413 g/mol. The minimum absolute atomic E-state index is 0. The number of benzene rings is 2. The zero-order chi connectivity index (χ0) is 17.8. The first kappa shape index (κ1) is 20.2. The smallest absolute Gasteiger partial charge is 0.323 e. The van der Waals surface area contributed by atoms with E-state index < -0.39 is 0 Å². The minimum atomic E-state index is -0.371. The summed E-state index contributed by atoms with van der Waals surface area (Å²) in [6.07, 6.45) is 0. The highest BCUT2D eigenvalue weighted by Crippen LogP contribution is 2.26. The van der Waals surface area contributed by atoms with Crippen LogP contribution in [0.2, 0.25) is 10.0 Å². The number of rotatable bonds is 3. The van der Waals surface area contributed by atoms with E-state index in [1.807, 2.05) is 13.0 Å². The zero-order valence-corrected chi connectivity index (χ0v) is 16.2. The average molecular weight is 415 g/mol. The molecule has 4 N–H and O–H groups in total. The van der Waals surface area contributed by atoms with E-state index in [1.54, 1.807) is 30.3 Å². The normalized spacial score (nSPS) is 12.5. The van der Waals surface area contributed by atoms with E-state index in [2.05, 4.69) is 26.3 Å². The van der Waals surface area contributed by atoms with Crippen molar-refractivity contribution < 1.29 is 4.79 Å². The summed E-state index contributed by atoms with van der Waals surface area (Å²) in [5.41, 5.74) is 2.82. The van der Waals surface area contributed by atoms with Gasteiger partial charge in [-0.25, -0.2) is 4.79 Å². The fourth-order valence-corrected chi connectivity index (χ4v) is 2.62. The Morgan fingerprint density at radius 2 is 1.77 bits per heavy atom. The van der Waals surface area contributed by atoms with Gasteiger partial charge in [0.2, 0.25) is 0 Å². The summed E-state index contributed by atoms with van der Waals surface area (Å²) in [5.74, 6) is 0.665. The summed E-state index contributed by atoms with van der Waals surface area (Å²) in [6, 6.07) is 10.1. The van der Waals surface area contributed by atoms with Gasteiger partial charge in [0.15, 0.2) is 5.96 Å². The van der Waals surface area contributed by atoms with E-state index in [-0.39, 0.29) is 18.4 Å². The summed E-state index contributed by atoms with van der Waals surface area (Å²) >= 11 is 12.2. The number of guanidine groups is 1. The van der Waals surface area contributed by atoms with Crippen LogP contribution in [0.3, 0.4) is 0 Å². The molecule has 0 saturated carbocycles. The van der Waals surface area contributed by atoms with E-state index in [0.29, 0.717) is 33.1 Å². The zero-order valence-electron chi connectivity index (χ0n) is 13.9. The molecule has 138 valence electrons. The fourth-order valence-electron chi connectivity index (χ4n) is 2.27. The number of hydrogen-bond donors (Lipinski definition) is 4. The van der Waals surface area contributed by atoms with Gasteiger partial charge in [-0.05, 0) is 42.8 Å². The van der Waals surface area contributed by atoms with Gasteiger partial charge in [0.25, 0.3) is 0 Å². The van der Waals surface area contributed by atoms with Crippen LogP contribution >= 0.6 is 35.6 Å². The molecule has 0 saturated heterocycles. The van der Waals surface area contributed by atoms with E-state index >= 15 is 0 Å². The lowest BCUT2D eigenvalue weighted by Gasteiger charge is -2.12. The lowest BCUT2D eigenvalue weighted by Crippen LogP contribution is -2.26. The van der Waals surface area contributed by atoms with Gasteiger partial charge >= 0.3 is 6.03 Å². The van der Waals surface area contributed by atoms with Crippen LogP contribution in [-0.2, 0) is 0 Å². The van der Waals surface area contributed by atoms with Gasteiger partial charge < -0.3 is 21.3 Å². The molecule has 1 aliphatic rings. The molecular weight excluding hydrogens is 397 g/mol. The number of carbonyl (C=O) groups excluding carboxylic acids is 1. The maximum atomic E-state index is 12.2. The molecule has 2 amide bonds. The molecule has 3 rings (SSSR count). The first-order valence-electron chi connectivity index (χ1n) is 7.70. The molecule has 6 nitrogen and oxygen atoms in total. The Morgan fingerprint density at radius 1 is 1.08 bits per heavy atom. The van der Waals surface area contributed by atoms with Crippen LogP contribution in [0.15, 0.2) is 41.4 Å². The quantitative estimate of drug-likeness (QED) is 0.586. The molecule has 0 spiro atoms. The Bertz CT molecular complexity index is 841. The van der Waals surface area contributed by atoms with E-state index in [9.17, 15) is 4.79 Å². The van der Waals surface area contributed by atoms with Crippen LogP contribution in [0.1, 0.15) is 5.56 Å². The van der Waals surface area contributed by atoms with Crippen LogP contribution in [0.5, 0.6) is 0 Å². The van der Waals surface area contributed by atoms with Crippen molar-refractivity contribution in [3.05, 3.63) is 52.0 Å². The van der Waals surface area contributed by atoms with Gasteiger partial charge in [-0.1, -0.05) is 29.3 Å². The van der Waals surface area contributed by atoms with Crippen LogP contribution < -0.4 is 21.3 Å². The molecular formula is C17H18Cl3N5O. The highest BCUT2D eigenvalue weighted by atomic mass is 35.5. The predicted octanol–water partition coefficient (Wildman–Crippen LogP) is 4.74. The number of aryl methyl sites for hydroxylation is 1. The summed E-state index contributed by atoms with van der Waals surface area (Å²) in [5, 5.41) is 12.8. The van der Waals surface area contributed by atoms with Crippen molar-refractivity contribution in [1.29, 1.82) is 0 Å². The lowest BCUT2D eigenvalue weighted by atomic mass is 10.2. The van der Waals surface area contributed by atoms with Crippen molar-refractivity contribution in [1.82, 2.24) is 5.32 Å². The van der Waals surface area contributed by atoms with E-state index in [4.69, 9.17) is 23.2 Å². The van der Waals surface area contributed by atoms with Crippen molar-refractivity contribution in [2.45, 2.75) is 6.92 Å². The summed E-state index contributed by atoms with van der Waals surface area (Å²) in [6.45, 7) is 3.41. The molecule has 0 radical (unpaired) electrons. The standard InChI is InChI=1S/C17H17Cl2N5O.ClH/c1-10-2-3-11(8-14(10)19)22-17(25)23-12-4-5-13(18)15(9-12)24-16-20-6-7-21-16;/h2-5,8-9H,6-7H2,1H3,(H2,20,21,24)(H2,22,23,25);1H. The molecule has 26 heavy (non-hydrogen) atoms. The molecule has 0 bridgehead atoms. The van der Waals surface area contributed by atoms with Gasteiger partial charge in [0, 0.05) is 22.9 Å². The third-order valence-electron chi connectivity index (χ3n) is 3.58. The number of carbonyl (C=O) groups is 1. The van der Waals surface area contributed by atoms with Crippen molar-refractivity contribution in [3.8, 4) is 0 Å². The van der Waals surface area contributed by atoms with Gasteiger partial charge in [0.05, 0.1) is 17.3 Å². The van der Waals surface area contributed by atoms with Crippen LogP contribution in [-0.4, -0.2) is 25.1 Å². The third kappa shape index (κ3) is 5.17. The number of anilines is 3. The molecule has 1 heterocycles. The summed E-state index contributed by atoms with van der Waals surface area (Å²) < 4.78 is 0. The predicted molar refractivity (Wildman–Crippen MR) is 111 cm³/mol. The largest absolute Gasteiger partial charge is 0.354 e. The van der Waals surface area contributed by atoms with Crippen LogP contribution in [0.4, 0.5) is 21.9 Å². The Hall–Kier alpha value is -2.15. The Labute approximate surface area is 167 Å². The number of nitrogens with one attached hydrogen (secondary N) is 4. The maximum Gasteiger partial charge on any atom is 0.323 e. The number of aliphatic imine (C=N–C) groups is 1. The number of hydrogen-bond acceptors (Lipinski definition) is 4. The van der Waals surface area contributed by atoms with Crippen LogP contribution in [0, 0.1) is 6.92 Å². The van der Waals surface area contributed by atoms with Crippen molar-refractivity contribution >= 4 is 64.7 Å². The Kier molecular flexibility index (Phi) is 6.97. The molecule has 9 heteroatoms. The second-order valence-electron chi connectivity index (χ2n) is 5.52. The number of halogens is 3. The second kappa shape index (κ2) is 8.98. The van der Waals surface area contributed by atoms with Crippen molar-refractivity contribution in [2.24, 2.45) is 4.99 Å². The van der Waals surface area contributed by atoms with E-state index in [1.165, 1.54) is 0 Å². The molecule has 2 aromatic carbocycles. The molecule has 0 fully saturated rings. The highest BCUT2D eigenvalue weighted by molar-refractivity contribution is 6.34. The Morgan fingerprint density at radius 3 is 2.42 bits per heavy atom. The summed E-state index contributed by atoms with van der Waals surface area (Å²) in [7, 11) is 0. The SMILES string of the molecule is Cc1ccc(NC(=O)Nc2ccc(Cl)c(NC3=NCCN3)c2)cc1Cl.Cl. The molecule has 0 aliphatic carbocycles. The third-order valence-corrected chi connectivity index (χ3v) is 4.32. The summed E-state index contributed by atoms with van der Waals surface area (Å²) in [4.78, 5) is 16.4. The first-order valence-corrected chi connectivity index (χ1v) is 8.46. The van der Waals surface area contributed by atoms with E-state index in [0.717, 1.165) is 18.7 Å². The van der Waals surface area contributed by atoms with Gasteiger partial charge in [-0.2, -0.15) is 0 Å². The maximum absolute atomic E-state index is 12.2. The number of urea groups is 1. The minimum Gasteiger partial charge on any atom is -0.354 e. The molecule has 2 aromatic rings. The van der Waals surface area contributed by atoms with Gasteiger partial charge in [-0.15, -0.1) is 12.4 Å². The Balaban J connectivity index is 0.00000243. The average Bonchev–Trinajstić information content (AvgIpc) is 3.07. The van der Waals surface area contributed by atoms with Gasteiger partial charge in [-0.3, -0.25) is 4.99 Å². The van der Waals surface area contributed by atoms with Crippen LogP contribution in [0.25, 0.3) is 0 Å². The number of nitrogens with zero attached hydrogens (tertiary/aromatic N) is 1. The van der Waals surface area contributed by atoms with Gasteiger partial charge in [0.1, 0.15) is 0 Å². The molecule has 1 aliphatic heterocycles. The molecule has 0 unspecified atom stereocenters. The highest BCUT2D eigenvalue weighted by Gasteiger charge is 2.10.